The maximum Gasteiger partial charge on any atom is 0.335 e. The van der Waals surface area contributed by atoms with E-state index < -0.39 is 12.1 Å². The molecule has 0 aliphatic carbocycles. The van der Waals surface area contributed by atoms with Crippen LogP contribution in [0.3, 0.4) is 0 Å². The first-order chi connectivity index (χ1) is 7.68. The summed E-state index contributed by atoms with van der Waals surface area (Å²) in [7, 11) is 0. The van der Waals surface area contributed by atoms with E-state index in [2.05, 4.69) is 5.32 Å². The third-order valence-electron chi connectivity index (χ3n) is 2.92. The fourth-order valence-electron chi connectivity index (χ4n) is 2.08. The fourth-order valence-corrected chi connectivity index (χ4v) is 2.08. The Morgan fingerprint density at radius 2 is 2.25 bits per heavy atom. The second-order valence-corrected chi connectivity index (χ2v) is 4.07. The zero-order chi connectivity index (χ0) is 11.5. The average molecular weight is 221 g/mol. The van der Waals surface area contributed by atoms with Gasteiger partial charge in [-0.3, -0.25) is 0 Å². The summed E-state index contributed by atoms with van der Waals surface area (Å²) in [6, 6.07) is 6.59. The number of piperidine rings is 1. The van der Waals surface area contributed by atoms with Crippen LogP contribution < -0.4 is 5.32 Å². The zero-order valence-corrected chi connectivity index (χ0v) is 8.89. The summed E-state index contributed by atoms with van der Waals surface area (Å²) in [5.41, 5.74) is 1.10. The van der Waals surface area contributed by atoms with E-state index in [1.165, 1.54) is 0 Å². The lowest BCUT2D eigenvalue weighted by Gasteiger charge is -2.29. The van der Waals surface area contributed by atoms with Gasteiger partial charge in [-0.15, -0.1) is 0 Å². The Labute approximate surface area is 93.9 Å². The molecule has 1 saturated heterocycles. The van der Waals surface area contributed by atoms with Crippen molar-refractivity contribution in [3.8, 4) is 0 Å². The van der Waals surface area contributed by atoms with Gasteiger partial charge in [-0.2, -0.15) is 0 Å². The molecule has 4 heteroatoms. The van der Waals surface area contributed by atoms with Gasteiger partial charge in [0.15, 0.2) is 0 Å². The number of rotatable bonds is 2. The highest BCUT2D eigenvalue weighted by atomic mass is 16.4. The van der Waals surface area contributed by atoms with Crippen molar-refractivity contribution in [2.45, 2.75) is 25.0 Å². The molecule has 0 amide bonds. The van der Waals surface area contributed by atoms with Crippen LogP contribution in [0.15, 0.2) is 24.3 Å². The molecule has 0 saturated carbocycles. The molecule has 0 radical (unpaired) electrons. The molecule has 4 nitrogen and oxygen atoms in total. The molecule has 1 heterocycles. The number of benzene rings is 1. The summed E-state index contributed by atoms with van der Waals surface area (Å²) in [5, 5.41) is 21.9. The molecule has 3 N–H and O–H groups in total. The summed E-state index contributed by atoms with van der Waals surface area (Å²) in [6.07, 6.45) is 1.28. The van der Waals surface area contributed by atoms with Gasteiger partial charge in [-0.1, -0.05) is 12.1 Å². The zero-order valence-electron chi connectivity index (χ0n) is 8.89. The van der Waals surface area contributed by atoms with Crippen LogP contribution in [0.1, 0.15) is 34.8 Å². The van der Waals surface area contributed by atoms with Crippen LogP contribution in [0.5, 0.6) is 0 Å². The Morgan fingerprint density at radius 1 is 1.44 bits per heavy atom. The van der Waals surface area contributed by atoms with E-state index in [9.17, 15) is 9.90 Å². The van der Waals surface area contributed by atoms with Crippen LogP contribution in [0, 0.1) is 0 Å². The van der Waals surface area contributed by atoms with Crippen LogP contribution >= 0.6 is 0 Å². The molecule has 16 heavy (non-hydrogen) atoms. The molecule has 1 aromatic carbocycles. The van der Waals surface area contributed by atoms with Crippen molar-refractivity contribution >= 4 is 5.97 Å². The maximum atomic E-state index is 10.8. The number of aliphatic hydroxyl groups excluding tert-OH is 1. The molecule has 2 rings (SSSR count). The lowest BCUT2D eigenvalue weighted by Crippen LogP contribution is -2.37. The van der Waals surface area contributed by atoms with Gasteiger partial charge in [-0.25, -0.2) is 4.79 Å². The topological polar surface area (TPSA) is 69.6 Å². The number of carbonyl (C=O) groups is 1. The van der Waals surface area contributed by atoms with E-state index in [-0.39, 0.29) is 11.6 Å². The lowest BCUT2D eigenvalue weighted by molar-refractivity contribution is 0.0695. The Hall–Kier alpha value is -1.39. The minimum Gasteiger partial charge on any atom is -0.478 e. The Balaban J connectivity index is 2.25. The van der Waals surface area contributed by atoms with Gasteiger partial charge in [0.1, 0.15) is 0 Å². The van der Waals surface area contributed by atoms with Crippen LogP contribution in [0.2, 0.25) is 0 Å². The molecule has 1 fully saturated rings. The first-order valence-electron chi connectivity index (χ1n) is 5.43. The number of nitrogens with one attached hydrogen (secondary N) is 1. The Bertz CT molecular complexity index is 392. The lowest BCUT2D eigenvalue weighted by atomic mass is 9.93. The van der Waals surface area contributed by atoms with Crippen molar-refractivity contribution in [2.24, 2.45) is 0 Å². The van der Waals surface area contributed by atoms with E-state index in [0.29, 0.717) is 0 Å². The van der Waals surface area contributed by atoms with Crippen molar-refractivity contribution in [1.82, 2.24) is 5.32 Å². The van der Waals surface area contributed by atoms with Crippen LogP contribution in [-0.4, -0.2) is 28.8 Å². The number of carboxylic acids is 1. The first-order valence-corrected chi connectivity index (χ1v) is 5.43. The second kappa shape index (κ2) is 4.63. The van der Waals surface area contributed by atoms with Gasteiger partial charge in [0.2, 0.25) is 0 Å². The largest absolute Gasteiger partial charge is 0.478 e. The minimum atomic E-state index is -0.938. The summed E-state index contributed by atoms with van der Waals surface area (Å²) in [6.45, 7) is 0.860. The molecule has 2 atom stereocenters. The van der Waals surface area contributed by atoms with E-state index in [0.717, 1.165) is 24.9 Å². The monoisotopic (exact) mass is 221 g/mol. The highest BCUT2D eigenvalue weighted by Gasteiger charge is 2.24. The van der Waals surface area contributed by atoms with Crippen molar-refractivity contribution in [3.05, 3.63) is 35.4 Å². The third-order valence-corrected chi connectivity index (χ3v) is 2.92. The summed E-state index contributed by atoms with van der Waals surface area (Å²) < 4.78 is 0. The highest BCUT2D eigenvalue weighted by molar-refractivity contribution is 5.87. The Kier molecular flexibility index (Phi) is 3.22. The van der Waals surface area contributed by atoms with Gasteiger partial charge in [0, 0.05) is 0 Å². The quantitative estimate of drug-likeness (QED) is 0.701. The molecule has 1 aliphatic rings. The summed E-state index contributed by atoms with van der Waals surface area (Å²) in [5.74, 6) is -0.938. The number of hydrogen-bond donors (Lipinski definition) is 3. The SMILES string of the molecule is O=C(O)c1cccc(C2NCCCC2O)c1. The van der Waals surface area contributed by atoms with Gasteiger partial charge in [0.25, 0.3) is 0 Å². The number of aliphatic hydroxyl groups is 1. The number of aromatic carboxylic acids is 1. The molecular weight excluding hydrogens is 206 g/mol. The molecule has 0 spiro atoms. The predicted octanol–water partition coefficient (Wildman–Crippen LogP) is 1.17. The molecule has 86 valence electrons. The van der Waals surface area contributed by atoms with Crippen molar-refractivity contribution in [3.63, 3.8) is 0 Å². The fraction of sp³-hybridized carbons (Fsp3) is 0.417. The van der Waals surface area contributed by atoms with E-state index in [4.69, 9.17) is 5.11 Å². The predicted molar refractivity (Wildman–Crippen MR) is 59.4 cm³/mol. The van der Waals surface area contributed by atoms with E-state index in [1.54, 1.807) is 18.2 Å². The standard InChI is InChI=1S/C12H15NO3/c14-10-5-2-6-13-11(10)8-3-1-4-9(7-8)12(15)16/h1,3-4,7,10-11,13-14H,2,5-6H2,(H,15,16). The maximum absolute atomic E-state index is 10.8. The van der Waals surface area contributed by atoms with Gasteiger partial charge in [-0.05, 0) is 37.1 Å². The van der Waals surface area contributed by atoms with Gasteiger partial charge < -0.3 is 15.5 Å². The Morgan fingerprint density at radius 3 is 2.94 bits per heavy atom. The summed E-state index contributed by atoms with van der Waals surface area (Å²) in [4.78, 5) is 10.8. The molecule has 0 aromatic heterocycles. The highest BCUT2D eigenvalue weighted by Crippen LogP contribution is 2.24. The van der Waals surface area contributed by atoms with Gasteiger partial charge >= 0.3 is 5.97 Å². The molecular formula is C12H15NO3. The van der Waals surface area contributed by atoms with Crippen molar-refractivity contribution in [2.75, 3.05) is 6.54 Å². The molecule has 1 aliphatic heterocycles. The van der Waals surface area contributed by atoms with Gasteiger partial charge in [0.05, 0.1) is 17.7 Å². The molecule has 2 unspecified atom stereocenters. The smallest absolute Gasteiger partial charge is 0.335 e. The third kappa shape index (κ3) is 2.23. The number of hydrogen-bond acceptors (Lipinski definition) is 3. The second-order valence-electron chi connectivity index (χ2n) is 4.07. The summed E-state index contributed by atoms with van der Waals surface area (Å²) >= 11 is 0. The average Bonchev–Trinajstić information content (AvgIpc) is 2.30. The van der Waals surface area contributed by atoms with Crippen molar-refractivity contribution in [1.29, 1.82) is 0 Å². The minimum absolute atomic E-state index is 0.145. The first kappa shape index (κ1) is 11.1. The normalized spacial score (nSPS) is 25.3. The van der Waals surface area contributed by atoms with Crippen LogP contribution in [0.25, 0.3) is 0 Å². The van der Waals surface area contributed by atoms with Crippen LogP contribution in [0.4, 0.5) is 0 Å². The van der Waals surface area contributed by atoms with Crippen LogP contribution in [-0.2, 0) is 0 Å². The van der Waals surface area contributed by atoms with E-state index >= 15 is 0 Å². The van der Waals surface area contributed by atoms with Crippen molar-refractivity contribution < 1.29 is 15.0 Å². The molecule has 1 aromatic rings. The van der Waals surface area contributed by atoms with E-state index in [1.807, 2.05) is 6.07 Å². The molecule has 0 bridgehead atoms. The number of carboxylic acid groups (broad SMARTS) is 1.